The maximum atomic E-state index is 14.2. The summed E-state index contributed by atoms with van der Waals surface area (Å²) in [6.07, 6.45) is 9.05. The average molecular weight is 427 g/mol. The van der Waals surface area contributed by atoms with Gasteiger partial charge in [-0.25, -0.2) is 19.3 Å². The van der Waals surface area contributed by atoms with E-state index in [1.807, 2.05) is 23.2 Å². The number of aromatic amines is 1. The summed E-state index contributed by atoms with van der Waals surface area (Å²) in [5, 5.41) is 24.1. The van der Waals surface area contributed by atoms with Crippen LogP contribution in [0.4, 0.5) is 10.2 Å². The molecule has 1 N–H and O–H groups in total. The van der Waals surface area contributed by atoms with Crippen molar-refractivity contribution in [2.45, 2.75) is 12.5 Å². The molecule has 0 bridgehead atoms. The summed E-state index contributed by atoms with van der Waals surface area (Å²) in [5.41, 5.74) is 2.81. The van der Waals surface area contributed by atoms with Gasteiger partial charge in [0.2, 0.25) is 0 Å². The molecular formula is C22H18FN9. The molecular weight excluding hydrogens is 409 g/mol. The molecule has 1 aliphatic rings. The number of rotatable bonds is 5. The van der Waals surface area contributed by atoms with E-state index >= 15 is 0 Å². The van der Waals surface area contributed by atoms with Crippen LogP contribution in [0.25, 0.3) is 22.3 Å². The first-order valence-corrected chi connectivity index (χ1v) is 10.2. The van der Waals surface area contributed by atoms with Crippen LogP contribution in [0.2, 0.25) is 0 Å². The maximum absolute atomic E-state index is 14.2. The molecule has 5 heterocycles. The van der Waals surface area contributed by atoms with E-state index in [1.165, 1.54) is 18.6 Å². The molecule has 1 fully saturated rings. The average Bonchev–Trinajstić information content (AvgIpc) is 3.59. The van der Waals surface area contributed by atoms with Gasteiger partial charge in [0, 0.05) is 48.5 Å². The number of hydrogen-bond donors (Lipinski definition) is 1. The molecule has 1 saturated heterocycles. The zero-order chi connectivity index (χ0) is 22.1. The topological polar surface area (TPSA) is 123 Å². The van der Waals surface area contributed by atoms with E-state index in [0.29, 0.717) is 24.5 Å². The first kappa shape index (κ1) is 19.6. The Hall–Kier alpha value is -4.31. The first-order valence-electron chi connectivity index (χ1n) is 10.2. The summed E-state index contributed by atoms with van der Waals surface area (Å²) in [5.74, 6) is 0.452. The number of fused-ring (bicyclic) bond motifs is 1. The predicted molar refractivity (Wildman–Crippen MR) is 114 cm³/mol. The highest BCUT2D eigenvalue weighted by Gasteiger charge is 2.33. The minimum atomic E-state index is -0.570. The number of nitriles is 2. The van der Waals surface area contributed by atoms with Crippen LogP contribution in [0.3, 0.4) is 0 Å². The van der Waals surface area contributed by atoms with Crippen LogP contribution in [-0.2, 0) is 0 Å². The molecule has 10 heteroatoms. The first-order chi connectivity index (χ1) is 15.7. The quantitative estimate of drug-likeness (QED) is 0.519. The molecule has 2 unspecified atom stereocenters. The van der Waals surface area contributed by atoms with Crippen molar-refractivity contribution in [3.63, 3.8) is 0 Å². The fourth-order valence-corrected chi connectivity index (χ4v) is 4.34. The van der Waals surface area contributed by atoms with Gasteiger partial charge in [0.15, 0.2) is 0 Å². The molecule has 158 valence electrons. The second-order valence-electron chi connectivity index (χ2n) is 7.67. The van der Waals surface area contributed by atoms with Gasteiger partial charge in [0.1, 0.15) is 42.2 Å². The van der Waals surface area contributed by atoms with Gasteiger partial charge in [-0.2, -0.15) is 15.6 Å². The van der Waals surface area contributed by atoms with Gasteiger partial charge in [-0.05, 0) is 18.6 Å². The highest BCUT2D eigenvalue weighted by Crippen LogP contribution is 2.33. The van der Waals surface area contributed by atoms with Crippen molar-refractivity contribution in [3.8, 4) is 23.4 Å². The summed E-state index contributed by atoms with van der Waals surface area (Å²) >= 11 is 0. The molecule has 1 aliphatic heterocycles. The maximum Gasteiger partial charge on any atom is 0.147 e. The smallest absolute Gasteiger partial charge is 0.147 e. The number of nitrogens with one attached hydrogen (secondary N) is 1. The highest BCUT2D eigenvalue weighted by atomic mass is 19.1. The molecule has 4 aromatic heterocycles. The highest BCUT2D eigenvalue weighted by molar-refractivity contribution is 5.89. The number of H-pyrrole nitrogens is 1. The van der Waals surface area contributed by atoms with Crippen molar-refractivity contribution >= 4 is 16.9 Å². The number of pyridine rings is 1. The monoisotopic (exact) mass is 427 g/mol. The van der Waals surface area contributed by atoms with E-state index in [9.17, 15) is 14.9 Å². The standard InChI is InChI=1S/C22H18FN9/c23-7-19(15-3-6-31(11-15)22-18(9-25)14(8-24)1-4-27-22)32-12-16(10-30-32)20-17-2-5-26-21(17)29-13-28-20/h1-2,4-5,10,12-13,15,19H,3,6-7,11H2,(H,26,28,29). The third kappa shape index (κ3) is 3.22. The van der Waals surface area contributed by atoms with Crippen molar-refractivity contribution in [1.29, 1.82) is 10.5 Å². The van der Waals surface area contributed by atoms with Crippen molar-refractivity contribution in [2.75, 3.05) is 24.7 Å². The number of halogens is 1. The predicted octanol–water partition coefficient (Wildman–Crippen LogP) is 3.00. The number of aromatic nitrogens is 6. The third-order valence-corrected chi connectivity index (χ3v) is 5.96. The molecule has 0 saturated carbocycles. The summed E-state index contributed by atoms with van der Waals surface area (Å²) < 4.78 is 15.8. The van der Waals surface area contributed by atoms with Gasteiger partial charge < -0.3 is 9.88 Å². The second kappa shape index (κ2) is 8.08. The van der Waals surface area contributed by atoms with Crippen LogP contribution in [0.1, 0.15) is 23.6 Å². The summed E-state index contributed by atoms with van der Waals surface area (Å²) in [6.45, 7) is 0.581. The lowest BCUT2D eigenvalue weighted by molar-refractivity contribution is 0.257. The van der Waals surface area contributed by atoms with Gasteiger partial charge in [-0.15, -0.1) is 0 Å². The van der Waals surface area contributed by atoms with E-state index in [-0.39, 0.29) is 11.5 Å². The van der Waals surface area contributed by atoms with Crippen LogP contribution in [0.15, 0.2) is 43.2 Å². The molecule has 0 aliphatic carbocycles. The Morgan fingerprint density at radius 1 is 1.22 bits per heavy atom. The lowest BCUT2D eigenvalue weighted by Gasteiger charge is -2.23. The molecule has 32 heavy (non-hydrogen) atoms. The number of alkyl halides is 1. The summed E-state index contributed by atoms with van der Waals surface area (Å²) in [6, 6.07) is 7.09. The Balaban J connectivity index is 1.40. The number of anilines is 1. The molecule has 0 radical (unpaired) electrons. The van der Waals surface area contributed by atoms with Gasteiger partial charge in [0.05, 0.1) is 23.5 Å². The van der Waals surface area contributed by atoms with E-state index in [1.54, 1.807) is 17.1 Å². The van der Waals surface area contributed by atoms with E-state index in [0.717, 1.165) is 28.7 Å². The minimum absolute atomic E-state index is 0.0236. The lowest BCUT2D eigenvalue weighted by Crippen LogP contribution is -2.27. The van der Waals surface area contributed by atoms with Crippen LogP contribution >= 0.6 is 0 Å². The van der Waals surface area contributed by atoms with Crippen molar-refractivity contribution in [2.24, 2.45) is 5.92 Å². The Morgan fingerprint density at radius 2 is 2.12 bits per heavy atom. The zero-order valence-electron chi connectivity index (χ0n) is 17.0. The van der Waals surface area contributed by atoms with Gasteiger partial charge >= 0.3 is 0 Å². The van der Waals surface area contributed by atoms with Gasteiger partial charge in [-0.1, -0.05) is 0 Å². The molecule has 5 rings (SSSR count). The van der Waals surface area contributed by atoms with Crippen LogP contribution in [0, 0.1) is 28.6 Å². The molecule has 2 atom stereocenters. The zero-order valence-corrected chi connectivity index (χ0v) is 17.0. The number of nitrogens with zero attached hydrogens (tertiary/aromatic N) is 8. The molecule has 9 nitrogen and oxygen atoms in total. The molecule has 0 spiro atoms. The lowest BCUT2D eigenvalue weighted by atomic mass is 10.00. The van der Waals surface area contributed by atoms with Crippen molar-refractivity contribution in [3.05, 3.63) is 54.4 Å². The Labute approximate surface area is 182 Å². The fraction of sp³-hybridized carbons (Fsp3) is 0.273. The summed E-state index contributed by atoms with van der Waals surface area (Å²) in [7, 11) is 0. The third-order valence-electron chi connectivity index (χ3n) is 5.96. The van der Waals surface area contributed by atoms with Crippen molar-refractivity contribution < 1.29 is 4.39 Å². The van der Waals surface area contributed by atoms with E-state index < -0.39 is 12.7 Å². The number of hydrogen-bond acceptors (Lipinski definition) is 7. The van der Waals surface area contributed by atoms with Crippen LogP contribution in [-0.4, -0.2) is 49.5 Å². The largest absolute Gasteiger partial charge is 0.355 e. The Morgan fingerprint density at radius 3 is 2.94 bits per heavy atom. The van der Waals surface area contributed by atoms with Crippen LogP contribution in [0.5, 0.6) is 0 Å². The Bertz CT molecular complexity index is 1360. The van der Waals surface area contributed by atoms with E-state index in [4.69, 9.17) is 0 Å². The molecule has 0 amide bonds. The fourth-order valence-electron chi connectivity index (χ4n) is 4.34. The van der Waals surface area contributed by atoms with Crippen LogP contribution < -0.4 is 4.90 Å². The van der Waals surface area contributed by atoms with Gasteiger partial charge in [-0.3, -0.25) is 4.68 Å². The SMILES string of the molecule is N#Cc1ccnc(N2CCC(C(CF)n3cc(-c4ncnc5[nH]ccc45)cn3)C2)c1C#N. The Kier molecular flexibility index (Phi) is 4.96. The summed E-state index contributed by atoms with van der Waals surface area (Å²) in [4.78, 5) is 17.9. The van der Waals surface area contributed by atoms with Gasteiger partial charge in [0.25, 0.3) is 0 Å². The molecule has 4 aromatic rings. The normalized spacial score (nSPS) is 16.7. The second-order valence-corrected chi connectivity index (χ2v) is 7.67. The minimum Gasteiger partial charge on any atom is -0.355 e. The van der Waals surface area contributed by atoms with Crippen molar-refractivity contribution in [1.82, 2.24) is 29.7 Å². The molecule has 0 aromatic carbocycles. The van der Waals surface area contributed by atoms with E-state index in [2.05, 4.69) is 31.1 Å².